The van der Waals surface area contributed by atoms with Gasteiger partial charge in [-0.25, -0.2) is 8.42 Å². The molecule has 4 nitrogen and oxygen atoms in total. The van der Waals surface area contributed by atoms with Gasteiger partial charge in [0.2, 0.25) is 10.0 Å². The summed E-state index contributed by atoms with van der Waals surface area (Å²) in [5.41, 5.74) is 1.07. The minimum absolute atomic E-state index is 0.366. The quantitative estimate of drug-likeness (QED) is 0.861. The summed E-state index contributed by atoms with van der Waals surface area (Å²) >= 11 is 3.42. The number of sulfonamides is 1. The molecular weight excluding hydrogens is 352 g/mol. The van der Waals surface area contributed by atoms with Gasteiger partial charge in [0, 0.05) is 30.1 Å². The summed E-state index contributed by atoms with van der Waals surface area (Å²) in [6.07, 6.45) is 0.938. The summed E-state index contributed by atoms with van der Waals surface area (Å²) in [7, 11) is -3.38. The summed E-state index contributed by atoms with van der Waals surface area (Å²) < 4.78 is 27.5. The third kappa shape index (κ3) is 4.06. The van der Waals surface area contributed by atoms with Gasteiger partial charge in [0.25, 0.3) is 0 Å². The van der Waals surface area contributed by atoms with Gasteiger partial charge in [0.1, 0.15) is 0 Å². The van der Waals surface area contributed by atoms with Crippen molar-refractivity contribution < 1.29 is 8.42 Å². The highest BCUT2D eigenvalue weighted by Gasteiger charge is 2.31. The zero-order valence-electron chi connectivity index (χ0n) is 12.8. The molecule has 0 saturated carbocycles. The predicted molar refractivity (Wildman–Crippen MR) is 88.7 cm³/mol. The predicted octanol–water partition coefficient (Wildman–Crippen LogP) is 2.98. The minimum atomic E-state index is -3.38. The third-order valence-corrected chi connectivity index (χ3v) is 6.56. The Hall–Kier alpha value is -0.430. The first-order valence-corrected chi connectivity index (χ1v) is 9.56. The van der Waals surface area contributed by atoms with Gasteiger partial charge in [-0.3, -0.25) is 0 Å². The molecule has 0 bridgehead atoms. The number of benzene rings is 1. The van der Waals surface area contributed by atoms with Gasteiger partial charge in [0.05, 0.1) is 4.90 Å². The molecule has 1 fully saturated rings. The highest BCUT2D eigenvalue weighted by Crippen LogP contribution is 2.29. The van der Waals surface area contributed by atoms with E-state index < -0.39 is 10.0 Å². The smallest absolute Gasteiger partial charge is 0.244 e. The van der Waals surface area contributed by atoms with Crippen LogP contribution in [0.5, 0.6) is 0 Å². The zero-order valence-corrected chi connectivity index (χ0v) is 15.2. The van der Waals surface area contributed by atoms with Crippen LogP contribution >= 0.6 is 15.9 Å². The van der Waals surface area contributed by atoms with E-state index in [1.807, 2.05) is 12.1 Å². The third-order valence-electron chi connectivity index (χ3n) is 3.72. The van der Waals surface area contributed by atoms with Crippen LogP contribution in [-0.4, -0.2) is 31.9 Å². The van der Waals surface area contributed by atoms with Crippen molar-refractivity contribution in [3.8, 4) is 0 Å². The molecule has 21 heavy (non-hydrogen) atoms. The van der Waals surface area contributed by atoms with E-state index in [9.17, 15) is 8.42 Å². The molecule has 0 radical (unpaired) electrons. The average Bonchev–Trinajstić information content (AvgIpc) is 2.83. The molecule has 2 rings (SSSR count). The fraction of sp³-hybridized carbons (Fsp3) is 0.600. The summed E-state index contributed by atoms with van der Waals surface area (Å²) in [4.78, 5) is 0.366. The van der Waals surface area contributed by atoms with Gasteiger partial charge >= 0.3 is 0 Å². The van der Waals surface area contributed by atoms with Crippen molar-refractivity contribution in [1.82, 2.24) is 9.62 Å². The molecule has 1 aromatic carbocycles. The molecule has 1 unspecified atom stereocenters. The summed E-state index contributed by atoms with van der Waals surface area (Å²) in [6, 6.07) is 5.88. The second-order valence-corrected chi connectivity index (χ2v) is 8.82. The maximum atomic E-state index is 12.7. The first-order valence-electron chi connectivity index (χ1n) is 7.32. The lowest BCUT2D eigenvalue weighted by atomic mass is 10.2. The lowest BCUT2D eigenvalue weighted by Gasteiger charge is -2.18. The molecule has 0 amide bonds. The SMILES string of the molecule is CC1CCN(S(=O)(=O)c2ccc(CNC(C)C)cc2Br)C1. The average molecular weight is 375 g/mol. The van der Waals surface area contributed by atoms with E-state index >= 15 is 0 Å². The van der Waals surface area contributed by atoms with Crippen molar-refractivity contribution in [3.63, 3.8) is 0 Å². The Kier molecular flexibility index (Phi) is 5.46. The molecule has 6 heteroatoms. The molecule has 0 spiro atoms. The van der Waals surface area contributed by atoms with Crippen LogP contribution in [0.1, 0.15) is 32.8 Å². The number of halogens is 1. The Morgan fingerprint density at radius 3 is 2.67 bits per heavy atom. The Morgan fingerprint density at radius 2 is 2.14 bits per heavy atom. The van der Waals surface area contributed by atoms with Crippen molar-refractivity contribution in [3.05, 3.63) is 28.2 Å². The number of rotatable bonds is 5. The van der Waals surface area contributed by atoms with Crippen molar-refractivity contribution in [1.29, 1.82) is 0 Å². The van der Waals surface area contributed by atoms with E-state index in [4.69, 9.17) is 0 Å². The molecule has 118 valence electrons. The van der Waals surface area contributed by atoms with Gasteiger partial charge in [-0.15, -0.1) is 0 Å². The van der Waals surface area contributed by atoms with E-state index in [2.05, 4.69) is 42.0 Å². The monoisotopic (exact) mass is 374 g/mol. The van der Waals surface area contributed by atoms with E-state index in [0.717, 1.165) is 18.5 Å². The molecule has 0 aromatic heterocycles. The molecule has 1 saturated heterocycles. The first-order chi connectivity index (χ1) is 9.80. The van der Waals surface area contributed by atoms with Gasteiger partial charge in [-0.2, -0.15) is 4.31 Å². The molecular formula is C15H23BrN2O2S. The summed E-state index contributed by atoms with van der Waals surface area (Å²) in [6.45, 7) is 8.23. The van der Waals surface area contributed by atoms with Gasteiger partial charge in [-0.1, -0.05) is 26.8 Å². The molecule has 0 aliphatic carbocycles. The largest absolute Gasteiger partial charge is 0.310 e. The normalized spacial score (nSPS) is 20.3. The number of hydrogen-bond donors (Lipinski definition) is 1. The van der Waals surface area contributed by atoms with Crippen LogP contribution in [0.4, 0.5) is 0 Å². The van der Waals surface area contributed by atoms with Crippen molar-refractivity contribution in [2.24, 2.45) is 5.92 Å². The minimum Gasteiger partial charge on any atom is -0.310 e. The standard InChI is InChI=1S/C15H23BrN2O2S/c1-11(2)17-9-13-4-5-15(14(16)8-13)21(19,20)18-7-6-12(3)10-18/h4-5,8,11-12,17H,6-7,9-10H2,1-3H3. The van der Waals surface area contributed by atoms with Crippen LogP contribution in [0.2, 0.25) is 0 Å². The van der Waals surface area contributed by atoms with E-state index in [1.165, 1.54) is 0 Å². The Labute approximate surface area is 136 Å². The van der Waals surface area contributed by atoms with Crippen LogP contribution in [0.3, 0.4) is 0 Å². The number of hydrogen-bond acceptors (Lipinski definition) is 3. The van der Waals surface area contributed by atoms with Crippen LogP contribution in [-0.2, 0) is 16.6 Å². The molecule has 1 N–H and O–H groups in total. The van der Waals surface area contributed by atoms with Crippen LogP contribution in [0.15, 0.2) is 27.6 Å². The number of nitrogens with zero attached hydrogens (tertiary/aromatic N) is 1. The van der Waals surface area contributed by atoms with Crippen molar-refractivity contribution in [2.75, 3.05) is 13.1 Å². The van der Waals surface area contributed by atoms with E-state index in [0.29, 0.717) is 34.4 Å². The van der Waals surface area contributed by atoms with Crippen LogP contribution < -0.4 is 5.32 Å². The second kappa shape index (κ2) is 6.77. The first kappa shape index (κ1) is 16.9. The van der Waals surface area contributed by atoms with Gasteiger partial charge in [0.15, 0.2) is 0 Å². The maximum Gasteiger partial charge on any atom is 0.244 e. The molecule has 1 aliphatic rings. The molecule has 1 heterocycles. The highest BCUT2D eigenvalue weighted by molar-refractivity contribution is 9.10. The van der Waals surface area contributed by atoms with E-state index in [-0.39, 0.29) is 0 Å². The highest BCUT2D eigenvalue weighted by atomic mass is 79.9. The van der Waals surface area contributed by atoms with Crippen LogP contribution in [0.25, 0.3) is 0 Å². The summed E-state index contributed by atoms with van der Waals surface area (Å²) in [5, 5.41) is 3.33. The lowest BCUT2D eigenvalue weighted by molar-refractivity contribution is 0.464. The van der Waals surface area contributed by atoms with E-state index in [1.54, 1.807) is 10.4 Å². The number of nitrogens with one attached hydrogen (secondary N) is 1. The fourth-order valence-electron chi connectivity index (χ4n) is 2.44. The lowest BCUT2D eigenvalue weighted by Crippen LogP contribution is -2.29. The molecule has 1 aromatic rings. The maximum absolute atomic E-state index is 12.7. The van der Waals surface area contributed by atoms with Gasteiger partial charge < -0.3 is 5.32 Å². The second-order valence-electron chi connectivity index (χ2n) is 6.06. The topological polar surface area (TPSA) is 49.4 Å². The Bertz CT molecular complexity index is 602. The fourth-order valence-corrected chi connectivity index (χ4v) is 5.10. The van der Waals surface area contributed by atoms with Crippen molar-refractivity contribution >= 4 is 26.0 Å². The van der Waals surface area contributed by atoms with Crippen LogP contribution in [0, 0.1) is 5.92 Å². The van der Waals surface area contributed by atoms with Gasteiger partial charge in [-0.05, 0) is 46.0 Å². The van der Waals surface area contributed by atoms with Crippen molar-refractivity contribution in [2.45, 2.75) is 44.7 Å². The molecule has 1 atom stereocenters. The Morgan fingerprint density at radius 1 is 1.43 bits per heavy atom. The molecule has 1 aliphatic heterocycles. The zero-order chi connectivity index (χ0) is 15.6. The Balaban J connectivity index is 2.20. The summed E-state index contributed by atoms with van der Waals surface area (Å²) in [5.74, 6) is 0.438.